The fourth-order valence-corrected chi connectivity index (χ4v) is 2.79. The molecule has 0 aliphatic heterocycles. The summed E-state index contributed by atoms with van der Waals surface area (Å²) in [5.41, 5.74) is 3.84. The van der Waals surface area contributed by atoms with Gasteiger partial charge in [-0.2, -0.15) is 0 Å². The maximum absolute atomic E-state index is 10.4. The Morgan fingerprint density at radius 1 is 1.16 bits per heavy atom. The van der Waals surface area contributed by atoms with E-state index < -0.39 is 0 Å². The third-order valence-electron chi connectivity index (χ3n) is 3.96. The molecule has 0 saturated carbocycles. The minimum Gasteiger partial charge on any atom is -0.497 e. The van der Waals surface area contributed by atoms with Gasteiger partial charge in [0.15, 0.2) is 0 Å². The van der Waals surface area contributed by atoms with Gasteiger partial charge in [0, 0.05) is 5.92 Å². The van der Waals surface area contributed by atoms with Crippen molar-refractivity contribution in [1.29, 1.82) is 0 Å². The van der Waals surface area contributed by atoms with E-state index in [9.17, 15) is 5.11 Å². The first-order valence-corrected chi connectivity index (χ1v) is 6.66. The monoisotopic (exact) mass is 254 g/mol. The van der Waals surface area contributed by atoms with Crippen LogP contribution in [0.2, 0.25) is 0 Å². The van der Waals surface area contributed by atoms with Crippen LogP contribution in [-0.4, -0.2) is 18.3 Å². The Morgan fingerprint density at radius 2 is 1.89 bits per heavy atom. The van der Waals surface area contributed by atoms with Crippen LogP contribution < -0.4 is 4.74 Å². The summed E-state index contributed by atoms with van der Waals surface area (Å²) in [4.78, 5) is 0. The highest BCUT2D eigenvalue weighted by molar-refractivity contribution is 5.41. The first kappa shape index (κ1) is 12.2. The van der Waals surface area contributed by atoms with Crippen LogP contribution in [0.3, 0.4) is 0 Å². The Hall–Kier alpha value is -1.80. The van der Waals surface area contributed by atoms with Crippen molar-refractivity contribution >= 4 is 0 Å². The SMILES string of the molecule is COc1ccc(CC(O)C2Cc3ccccc32)cc1. The number of hydrogen-bond acceptors (Lipinski definition) is 2. The van der Waals surface area contributed by atoms with Crippen molar-refractivity contribution in [2.75, 3.05) is 7.11 Å². The summed E-state index contributed by atoms with van der Waals surface area (Å²) in [7, 11) is 1.66. The lowest BCUT2D eigenvalue weighted by Gasteiger charge is -2.34. The quantitative estimate of drug-likeness (QED) is 0.909. The number of rotatable bonds is 4. The average Bonchev–Trinajstić information content (AvgIpc) is 2.41. The molecular weight excluding hydrogens is 236 g/mol. The second kappa shape index (κ2) is 5.06. The first-order valence-electron chi connectivity index (χ1n) is 6.66. The average molecular weight is 254 g/mol. The molecule has 2 unspecified atom stereocenters. The van der Waals surface area contributed by atoms with Gasteiger partial charge < -0.3 is 9.84 Å². The molecule has 98 valence electrons. The van der Waals surface area contributed by atoms with Crippen LogP contribution >= 0.6 is 0 Å². The Balaban J connectivity index is 1.67. The molecule has 1 N–H and O–H groups in total. The molecular formula is C17H18O2. The van der Waals surface area contributed by atoms with Crippen molar-refractivity contribution in [3.8, 4) is 5.75 Å². The molecule has 1 aliphatic rings. The molecule has 0 heterocycles. The van der Waals surface area contributed by atoms with Crippen LogP contribution in [0.5, 0.6) is 5.75 Å². The fourth-order valence-electron chi connectivity index (χ4n) is 2.79. The van der Waals surface area contributed by atoms with E-state index in [1.807, 2.05) is 30.3 Å². The first-order chi connectivity index (χ1) is 9.28. The minimum absolute atomic E-state index is 0.290. The van der Waals surface area contributed by atoms with Gasteiger partial charge in [-0.25, -0.2) is 0 Å². The van der Waals surface area contributed by atoms with E-state index in [1.165, 1.54) is 11.1 Å². The summed E-state index contributed by atoms with van der Waals surface area (Å²) < 4.78 is 5.14. The second-order valence-electron chi connectivity index (χ2n) is 5.13. The smallest absolute Gasteiger partial charge is 0.118 e. The van der Waals surface area contributed by atoms with E-state index in [1.54, 1.807) is 7.11 Å². The molecule has 2 heteroatoms. The summed E-state index contributed by atoms with van der Waals surface area (Å²) in [5.74, 6) is 1.14. The van der Waals surface area contributed by atoms with Gasteiger partial charge in [-0.15, -0.1) is 0 Å². The van der Waals surface area contributed by atoms with Gasteiger partial charge in [-0.1, -0.05) is 36.4 Å². The lowest BCUT2D eigenvalue weighted by atomic mass is 9.73. The van der Waals surface area contributed by atoms with Crippen molar-refractivity contribution in [2.24, 2.45) is 0 Å². The molecule has 2 aromatic rings. The van der Waals surface area contributed by atoms with Gasteiger partial charge in [0.2, 0.25) is 0 Å². The fraction of sp³-hybridized carbons (Fsp3) is 0.294. The topological polar surface area (TPSA) is 29.5 Å². The maximum atomic E-state index is 10.4. The summed E-state index contributed by atoms with van der Waals surface area (Å²) in [6.45, 7) is 0. The highest BCUT2D eigenvalue weighted by Crippen LogP contribution is 2.38. The van der Waals surface area contributed by atoms with Crippen LogP contribution in [0.4, 0.5) is 0 Å². The lowest BCUT2D eigenvalue weighted by Crippen LogP contribution is -2.30. The molecule has 19 heavy (non-hydrogen) atoms. The predicted molar refractivity (Wildman–Crippen MR) is 75.6 cm³/mol. The third kappa shape index (κ3) is 2.36. The number of aliphatic hydroxyl groups is 1. The molecule has 2 atom stereocenters. The lowest BCUT2D eigenvalue weighted by molar-refractivity contribution is 0.133. The van der Waals surface area contributed by atoms with Crippen LogP contribution in [-0.2, 0) is 12.8 Å². The normalized spacial score (nSPS) is 18.3. The second-order valence-corrected chi connectivity index (χ2v) is 5.13. The summed E-state index contributed by atoms with van der Waals surface area (Å²) in [6, 6.07) is 16.3. The molecule has 0 radical (unpaired) electrons. The Labute approximate surface area is 113 Å². The number of benzene rings is 2. The maximum Gasteiger partial charge on any atom is 0.118 e. The number of fused-ring (bicyclic) bond motifs is 1. The number of methoxy groups -OCH3 is 1. The molecule has 0 amide bonds. The summed E-state index contributed by atoms with van der Waals surface area (Å²) in [6.07, 6.45) is 1.39. The highest BCUT2D eigenvalue weighted by atomic mass is 16.5. The van der Waals surface area contributed by atoms with Crippen molar-refractivity contribution in [1.82, 2.24) is 0 Å². The third-order valence-corrected chi connectivity index (χ3v) is 3.96. The molecule has 0 bridgehead atoms. The molecule has 2 nitrogen and oxygen atoms in total. The Bertz CT molecular complexity index is 560. The van der Waals surface area contributed by atoms with E-state index in [-0.39, 0.29) is 6.10 Å². The number of ether oxygens (including phenoxy) is 1. The predicted octanol–water partition coefficient (Wildman–Crippen LogP) is 2.94. The molecule has 0 fully saturated rings. The zero-order chi connectivity index (χ0) is 13.2. The van der Waals surface area contributed by atoms with Crippen LogP contribution in [0.15, 0.2) is 48.5 Å². The molecule has 3 rings (SSSR count). The highest BCUT2D eigenvalue weighted by Gasteiger charge is 2.31. The minimum atomic E-state index is -0.303. The standard InChI is InChI=1S/C17H18O2/c1-19-14-8-6-12(7-9-14)10-17(18)16-11-13-4-2-3-5-15(13)16/h2-9,16-18H,10-11H2,1H3. The summed E-state index contributed by atoms with van der Waals surface area (Å²) in [5, 5.41) is 10.4. The number of hydrogen-bond donors (Lipinski definition) is 1. The van der Waals surface area contributed by atoms with Gasteiger partial charge in [0.05, 0.1) is 13.2 Å². The molecule has 0 spiro atoms. The Morgan fingerprint density at radius 3 is 2.58 bits per heavy atom. The van der Waals surface area contributed by atoms with E-state index in [4.69, 9.17) is 4.74 Å². The van der Waals surface area contributed by atoms with E-state index in [0.29, 0.717) is 12.3 Å². The van der Waals surface area contributed by atoms with Crippen molar-refractivity contribution in [3.63, 3.8) is 0 Å². The van der Waals surface area contributed by atoms with Crippen LogP contribution in [0.1, 0.15) is 22.6 Å². The van der Waals surface area contributed by atoms with Gasteiger partial charge in [0.25, 0.3) is 0 Å². The van der Waals surface area contributed by atoms with E-state index in [0.717, 1.165) is 17.7 Å². The van der Waals surface area contributed by atoms with Crippen molar-refractivity contribution in [2.45, 2.75) is 24.9 Å². The van der Waals surface area contributed by atoms with Gasteiger partial charge in [0.1, 0.15) is 5.75 Å². The van der Waals surface area contributed by atoms with Gasteiger partial charge >= 0.3 is 0 Å². The van der Waals surface area contributed by atoms with Crippen LogP contribution in [0.25, 0.3) is 0 Å². The van der Waals surface area contributed by atoms with E-state index in [2.05, 4.69) is 18.2 Å². The molecule has 2 aromatic carbocycles. The zero-order valence-corrected chi connectivity index (χ0v) is 11.0. The molecule has 0 aromatic heterocycles. The summed E-state index contributed by atoms with van der Waals surface area (Å²) >= 11 is 0. The van der Waals surface area contributed by atoms with E-state index >= 15 is 0 Å². The largest absolute Gasteiger partial charge is 0.497 e. The van der Waals surface area contributed by atoms with Crippen molar-refractivity contribution < 1.29 is 9.84 Å². The van der Waals surface area contributed by atoms with Crippen molar-refractivity contribution in [3.05, 3.63) is 65.2 Å². The van der Waals surface area contributed by atoms with Crippen LogP contribution in [0, 0.1) is 0 Å². The van der Waals surface area contributed by atoms with Gasteiger partial charge in [-0.05, 0) is 41.7 Å². The van der Waals surface area contributed by atoms with Gasteiger partial charge in [-0.3, -0.25) is 0 Å². The molecule has 0 saturated heterocycles. The zero-order valence-electron chi connectivity index (χ0n) is 11.0. The molecule has 1 aliphatic carbocycles. The number of aliphatic hydroxyl groups excluding tert-OH is 1. The Kier molecular flexibility index (Phi) is 3.26.